The van der Waals surface area contributed by atoms with Crippen LogP contribution in [-0.2, 0) is 28.5 Å². The van der Waals surface area contributed by atoms with Gasteiger partial charge in [-0.1, -0.05) is 6.08 Å². The minimum absolute atomic E-state index is 0.147. The Kier molecular flexibility index (Phi) is 5.42. The summed E-state index contributed by atoms with van der Waals surface area (Å²) in [6, 6.07) is 0. The van der Waals surface area contributed by atoms with Crippen LogP contribution in [0.25, 0.3) is 0 Å². The van der Waals surface area contributed by atoms with Gasteiger partial charge in [0.15, 0.2) is 12.1 Å². The zero-order valence-electron chi connectivity index (χ0n) is 13.8. The van der Waals surface area contributed by atoms with Crippen LogP contribution < -0.4 is 0 Å². The predicted molar refractivity (Wildman–Crippen MR) is 81.0 cm³/mol. The number of carbonyl (C=O) groups is 2. The molecule has 4 N–H and O–H groups in total. The number of hydrogen-bond donors (Lipinski definition) is 4. The standard InChI is InChI=1S/C16H20O10/c1-23-14(22)7-5-24-15(10-6(7)2-3-8(10)18)26-16-13(21)12(20)11(19)9(4-17)25-16/h2-3,5-6,9-13,15-17,19-21H,4H2,1H3/t6-,9+,10+,11+,12-,13+,15+,16-/m1/s1. The number of fused-ring (bicyclic) bond motifs is 1. The summed E-state index contributed by atoms with van der Waals surface area (Å²) in [5.41, 5.74) is 0.147. The monoisotopic (exact) mass is 372 g/mol. The molecule has 0 aromatic heterocycles. The third-order valence-corrected chi connectivity index (χ3v) is 4.70. The second-order valence-electron chi connectivity index (χ2n) is 6.22. The third kappa shape index (κ3) is 3.15. The smallest absolute Gasteiger partial charge is 0.337 e. The van der Waals surface area contributed by atoms with Gasteiger partial charge in [0, 0.05) is 5.92 Å². The molecule has 10 nitrogen and oxygen atoms in total. The number of aliphatic hydroxyl groups is 4. The summed E-state index contributed by atoms with van der Waals surface area (Å²) in [4.78, 5) is 24.0. The molecule has 1 saturated heterocycles. The van der Waals surface area contributed by atoms with Crippen LogP contribution in [0.5, 0.6) is 0 Å². The first kappa shape index (κ1) is 19.0. The van der Waals surface area contributed by atoms with Gasteiger partial charge in [0.1, 0.15) is 24.4 Å². The van der Waals surface area contributed by atoms with Crippen LogP contribution in [0.15, 0.2) is 24.0 Å². The van der Waals surface area contributed by atoms with E-state index in [-0.39, 0.29) is 11.4 Å². The lowest BCUT2D eigenvalue weighted by atomic mass is 9.86. The second kappa shape index (κ2) is 7.43. The fraction of sp³-hybridized carbons (Fsp3) is 0.625. The van der Waals surface area contributed by atoms with Crippen molar-refractivity contribution < 1.29 is 49.0 Å². The summed E-state index contributed by atoms with van der Waals surface area (Å²) in [7, 11) is 1.20. The molecule has 0 spiro atoms. The van der Waals surface area contributed by atoms with Crippen molar-refractivity contribution in [3.8, 4) is 0 Å². The van der Waals surface area contributed by atoms with Gasteiger partial charge in [-0.2, -0.15) is 0 Å². The predicted octanol–water partition coefficient (Wildman–Crippen LogP) is -2.41. The Morgan fingerprint density at radius 2 is 1.92 bits per heavy atom. The summed E-state index contributed by atoms with van der Waals surface area (Å²) in [5, 5.41) is 38.9. The molecule has 0 saturated carbocycles. The normalized spacial score (nSPS) is 42.0. The number of methoxy groups -OCH3 is 1. The highest BCUT2D eigenvalue weighted by Crippen LogP contribution is 2.39. The largest absolute Gasteiger partial charge is 0.471 e. The van der Waals surface area contributed by atoms with E-state index >= 15 is 0 Å². The van der Waals surface area contributed by atoms with Gasteiger partial charge in [0.25, 0.3) is 0 Å². The molecule has 144 valence electrons. The topological polar surface area (TPSA) is 152 Å². The molecule has 0 aromatic rings. The number of ketones is 1. The van der Waals surface area contributed by atoms with Crippen molar-refractivity contribution in [2.24, 2.45) is 11.8 Å². The first-order chi connectivity index (χ1) is 12.4. The minimum Gasteiger partial charge on any atom is -0.471 e. The number of ether oxygens (including phenoxy) is 4. The molecule has 2 heterocycles. The maximum atomic E-state index is 12.2. The second-order valence-corrected chi connectivity index (χ2v) is 6.22. The molecule has 3 rings (SSSR count). The average molecular weight is 372 g/mol. The average Bonchev–Trinajstić information content (AvgIpc) is 3.04. The first-order valence-electron chi connectivity index (χ1n) is 8.01. The van der Waals surface area contributed by atoms with Crippen LogP contribution in [0.3, 0.4) is 0 Å². The molecule has 0 aromatic carbocycles. The molecule has 3 aliphatic rings. The van der Waals surface area contributed by atoms with Crippen LogP contribution in [0.1, 0.15) is 0 Å². The Balaban J connectivity index is 1.78. The van der Waals surface area contributed by atoms with E-state index in [1.54, 1.807) is 0 Å². The van der Waals surface area contributed by atoms with Crippen LogP contribution >= 0.6 is 0 Å². The molecule has 0 unspecified atom stereocenters. The molecule has 26 heavy (non-hydrogen) atoms. The maximum Gasteiger partial charge on any atom is 0.337 e. The van der Waals surface area contributed by atoms with E-state index in [2.05, 4.69) is 4.74 Å². The van der Waals surface area contributed by atoms with Gasteiger partial charge >= 0.3 is 5.97 Å². The summed E-state index contributed by atoms with van der Waals surface area (Å²) < 4.78 is 20.8. The lowest BCUT2D eigenvalue weighted by molar-refractivity contribution is -0.338. The van der Waals surface area contributed by atoms with E-state index in [0.29, 0.717) is 0 Å². The number of esters is 1. The van der Waals surface area contributed by atoms with Gasteiger partial charge < -0.3 is 39.4 Å². The highest BCUT2D eigenvalue weighted by atomic mass is 16.8. The van der Waals surface area contributed by atoms with E-state index < -0.39 is 61.4 Å². The first-order valence-corrected chi connectivity index (χ1v) is 8.01. The van der Waals surface area contributed by atoms with Crippen molar-refractivity contribution in [3.63, 3.8) is 0 Å². The minimum atomic E-state index is -1.63. The van der Waals surface area contributed by atoms with Crippen molar-refractivity contribution in [3.05, 3.63) is 24.0 Å². The van der Waals surface area contributed by atoms with Crippen molar-refractivity contribution in [1.82, 2.24) is 0 Å². The van der Waals surface area contributed by atoms with Crippen molar-refractivity contribution in [2.75, 3.05) is 13.7 Å². The van der Waals surface area contributed by atoms with Gasteiger partial charge in [0.2, 0.25) is 6.29 Å². The van der Waals surface area contributed by atoms with Crippen molar-refractivity contribution >= 4 is 11.8 Å². The summed E-state index contributed by atoms with van der Waals surface area (Å²) in [6.07, 6.45) is -4.67. The molecule has 1 aliphatic carbocycles. The number of allylic oxidation sites excluding steroid dienone is 2. The SMILES string of the molecule is COC(=O)C1=CO[C@@H](O[C@H]2O[C@@H](CO)[C@H](O)[C@@H](O)[C@@H]2O)[C@@H]2C(=O)C=C[C@H]12. The fourth-order valence-corrected chi connectivity index (χ4v) is 3.24. The molecule has 2 aliphatic heterocycles. The number of aliphatic hydroxyl groups excluding tert-OH is 4. The number of carbonyl (C=O) groups excluding carboxylic acids is 2. The highest BCUT2D eigenvalue weighted by Gasteiger charge is 2.50. The van der Waals surface area contributed by atoms with Crippen LogP contribution in [0, 0.1) is 11.8 Å². The van der Waals surface area contributed by atoms with E-state index in [9.17, 15) is 30.0 Å². The van der Waals surface area contributed by atoms with Crippen molar-refractivity contribution in [1.29, 1.82) is 0 Å². The van der Waals surface area contributed by atoms with Crippen LogP contribution in [-0.4, -0.2) is 82.9 Å². The third-order valence-electron chi connectivity index (χ3n) is 4.70. The van der Waals surface area contributed by atoms with Crippen LogP contribution in [0.2, 0.25) is 0 Å². The van der Waals surface area contributed by atoms with Gasteiger partial charge in [0.05, 0.1) is 31.5 Å². The van der Waals surface area contributed by atoms with Crippen LogP contribution in [0.4, 0.5) is 0 Å². The van der Waals surface area contributed by atoms with E-state index in [4.69, 9.17) is 14.2 Å². The van der Waals surface area contributed by atoms with E-state index in [0.717, 1.165) is 6.26 Å². The molecular weight excluding hydrogens is 352 g/mol. The Morgan fingerprint density at radius 3 is 2.58 bits per heavy atom. The zero-order chi connectivity index (χ0) is 19.0. The summed E-state index contributed by atoms with van der Waals surface area (Å²) >= 11 is 0. The zero-order valence-corrected chi connectivity index (χ0v) is 13.8. The number of rotatable bonds is 4. The van der Waals surface area contributed by atoms with Gasteiger partial charge in [-0.05, 0) is 6.08 Å². The summed E-state index contributed by atoms with van der Waals surface area (Å²) in [5.74, 6) is -2.52. The summed E-state index contributed by atoms with van der Waals surface area (Å²) in [6.45, 7) is -0.616. The molecular formula is C16H20O10. The molecule has 0 radical (unpaired) electrons. The fourth-order valence-electron chi connectivity index (χ4n) is 3.24. The molecule has 10 heteroatoms. The van der Waals surface area contributed by atoms with E-state index in [1.165, 1.54) is 19.3 Å². The Bertz CT molecular complexity index is 627. The number of hydrogen-bond acceptors (Lipinski definition) is 10. The van der Waals surface area contributed by atoms with Crippen molar-refractivity contribution in [2.45, 2.75) is 37.0 Å². The lowest BCUT2D eigenvalue weighted by Crippen LogP contribution is -2.60. The lowest BCUT2D eigenvalue weighted by Gasteiger charge is -2.42. The quantitative estimate of drug-likeness (QED) is 0.393. The van der Waals surface area contributed by atoms with E-state index in [1.807, 2.05) is 0 Å². The van der Waals surface area contributed by atoms with Gasteiger partial charge in [-0.25, -0.2) is 4.79 Å². The Hall–Kier alpha value is -1.82. The maximum absolute atomic E-state index is 12.2. The Labute approximate surface area is 148 Å². The molecule has 0 amide bonds. The van der Waals surface area contributed by atoms with Gasteiger partial charge in [-0.15, -0.1) is 0 Å². The highest BCUT2D eigenvalue weighted by molar-refractivity contribution is 5.99. The molecule has 8 atom stereocenters. The Morgan fingerprint density at radius 1 is 1.19 bits per heavy atom. The molecule has 0 bridgehead atoms. The van der Waals surface area contributed by atoms with Gasteiger partial charge in [-0.3, -0.25) is 4.79 Å². The molecule has 1 fully saturated rings.